The van der Waals surface area contributed by atoms with E-state index in [4.69, 9.17) is 22.1 Å². The fourth-order valence-electron chi connectivity index (χ4n) is 1.50. The third kappa shape index (κ3) is 2.91. The minimum atomic E-state index is -0.359. The number of rotatable bonds is 3. The van der Waals surface area contributed by atoms with Crippen LogP contribution in [0.3, 0.4) is 0 Å². The Labute approximate surface area is 119 Å². The highest BCUT2D eigenvalue weighted by atomic mass is 35.5. The number of hydrogen-bond acceptors (Lipinski definition) is 5. The Morgan fingerprint density at radius 1 is 1.40 bits per heavy atom. The number of amides is 1. The van der Waals surface area contributed by atoms with Crippen molar-refractivity contribution in [2.45, 2.75) is 6.54 Å². The van der Waals surface area contributed by atoms with Gasteiger partial charge in [0.1, 0.15) is 25.0 Å². The van der Waals surface area contributed by atoms with Gasteiger partial charge in [0.2, 0.25) is 11.7 Å². The SMILES string of the molecule is N#Cc1ccc(NC(=O)Cn2cnnc2C#N)cc1Cl. The molecule has 1 heterocycles. The van der Waals surface area contributed by atoms with Crippen molar-refractivity contribution in [1.29, 1.82) is 10.5 Å². The lowest BCUT2D eigenvalue weighted by Crippen LogP contribution is -2.19. The monoisotopic (exact) mass is 286 g/mol. The molecule has 0 saturated carbocycles. The molecule has 98 valence electrons. The zero-order valence-electron chi connectivity index (χ0n) is 10.0. The molecule has 0 aliphatic carbocycles. The maximum absolute atomic E-state index is 11.8. The van der Waals surface area contributed by atoms with Crippen LogP contribution >= 0.6 is 11.6 Å². The Morgan fingerprint density at radius 2 is 2.20 bits per heavy atom. The number of carbonyl (C=O) groups excluding carboxylic acids is 1. The van der Waals surface area contributed by atoms with Crippen molar-refractivity contribution in [3.8, 4) is 12.1 Å². The van der Waals surface area contributed by atoms with E-state index in [9.17, 15) is 4.79 Å². The lowest BCUT2D eigenvalue weighted by atomic mass is 10.2. The Morgan fingerprint density at radius 3 is 2.85 bits per heavy atom. The van der Waals surface area contributed by atoms with Crippen LogP contribution in [-0.4, -0.2) is 20.7 Å². The second kappa shape index (κ2) is 5.83. The summed E-state index contributed by atoms with van der Waals surface area (Å²) in [5.41, 5.74) is 0.792. The Balaban J connectivity index is 2.08. The maximum atomic E-state index is 11.8. The molecule has 1 N–H and O–H groups in total. The van der Waals surface area contributed by atoms with Gasteiger partial charge < -0.3 is 5.32 Å². The lowest BCUT2D eigenvalue weighted by Gasteiger charge is -2.06. The lowest BCUT2D eigenvalue weighted by molar-refractivity contribution is -0.116. The molecule has 0 bridgehead atoms. The average Bonchev–Trinajstić information content (AvgIpc) is 2.86. The van der Waals surface area contributed by atoms with Crippen molar-refractivity contribution in [3.05, 3.63) is 40.9 Å². The molecule has 1 aromatic carbocycles. The van der Waals surface area contributed by atoms with Crippen LogP contribution in [0.1, 0.15) is 11.4 Å². The molecule has 0 unspecified atom stereocenters. The van der Waals surface area contributed by atoms with Crippen LogP contribution in [0.5, 0.6) is 0 Å². The van der Waals surface area contributed by atoms with Gasteiger partial charge >= 0.3 is 0 Å². The fraction of sp³-hybridized carbons (Fsp3) is 0.0833. The number of benzene rings is 1. The number of carbonyl (C=O) groups is 1. The third-order valence-electron chi connectivity index (χ3n) is 2.40. The summed E-state index contributed by atoms with van der Waals surface area (Å²) in [5.74, 6) is -0.305. The zero-order chi connectivity index (χ0) is 14.5. The first-order valence-corrected chi connectivity index (χ1v) is 5.79. The molecule has 20 heavy (non-hydrogen) atoms. The number of hydrogen-bond donors (Lipinski definition) is 1. The van der Waals surface area contributed by atoms with E-state index in [1.165, 1.54) is 23.0 Å². The Kier molecular flexibility index (Phi) is 3.94. The van der Waals surface area contributed by atoms with Gasteiger partial charge in [-0.2, -0.15) is 10.5 Å². The second-order valence-corrected chi connectivity index (χ2v) is 4.16. The number of halogens is 1. The molecule has 2 rings (SSSR count). The normalized spacial score (nSPS) is 9.55. The quantitative estimate of drug-likeness (QED) is 0.915. The van der Waals surface area contributed by atoms with Gasteiger partial charge in [-0.25, -0.2) is 0 Å². The summed E-state index contributed by atoms with van der Waals surface area (Å²) in [5, 5.41) is 27.5. The molecule has 0 aliphatic heterocycles. The molecule has 0 radical (unpaired) electrons. The Bertz CT molecular complexity index is 739. The number of nitrogens with one attached hydrogen (secondary N) is 1. The minimum Gasteiger partial charge on any atom is -0.324 e. The summed E-state index contributed by atoms with van der Waals surface area (Å²) in [6.45, 7) is -0.0898. The first kappa shape index (κ1) is 13.5. The van der Waals surface area contributed by atoms with E-state index in [2.05, 4.69) is 15.5 Å². The van der Waals surface area contributed by atoms with E-state index < -0.39 is 0 Å². The standard InChI is InChI=1S/C12H7ClN6O/c13-10-3-9(2-1-8(10)4-14)17-12(20)6-19-7-16-18-11(19)5-15/h1-3,7H,6H2,(H,17,20). The number of nitrogens with zero attached hydrogens (tertiary/aromatic N) is 5. The van der Waals surface area contributed by atoms with Gasteiger partial charge in [0.25, 0.3) is 0 Å². The Hall–Kier alpha value is -2.90. The van der Waals surface area contributed by atoms with Crippen LogP contribution in [0.15, 0.2) is 24.5 Å². The molecule has 2 aromatic rings. The van der Waals surface area contributed by atoms with Crippen molar-refractivity contribution in [3.63, 3.8) is 0 Å². The minimum absolute atomic E-state index is 0.0537. The van der Waals surface area contributed by atoms with Crippen molar-refractivity contribution < 1.29 is 4.79 Å². The molecule has 1 aromatic heterocycles. The van der Waals surface area contributed by atoms with Gasteiger partial charge in [-0.05, 0) is 18.2 Å². The summed E-state index contributed by atoms with van der Waals surface area (Å²) in [7, 11) is 0. The molecule has 8 heteroatoms. The molecule has 0 aliphatic rings. The molecule has 0 saturated heterocycles. The molecular formula is C12H7ClN6O. The van der Waals surface area contributed by atoms with Crippen molar-refractivity contribution in [2.24, 2.45) is 0 Å². The molecule has 0 spiro atoms. The summed E-state index contributed by atoms with van der Waals surface area (Å²) in [4.78, 5) is 11.8. The van der Waals surface area contributed by atoms with E-state index in [0.29, 0.717) is 11.3 Å². The van der Waals surface area contributed by atoms with Gasteiger partial charge in [0, 0.05) is 5.69 Å². The van der Waals surface area contributed by atoms with E-state index >= 15 is 0 Å². The van der Waals surface area contributed by atoms with Crippen LogP contribution in [0, 0.1) is 22.7 Å². The average molecular weight is 287 g/mol. The van der Waals surface area contributed by atoms with Crippen LogP contribution in [0.25, 0.3) is 0 Å². The summed E-state index contributed by atoms with van der Waals surface area (Å²) in [6, 6.07) is 8.31. The number of anilines is 1. The van der Waals surface area contributed by atoms with Gasteiger partial charge in [-0.3, -0.25) is 9.36 Å². The summed E-state index contributed by atoms with van der Waals surface area (Å²) < 4.78 is 1.32. The van der Waals surface area contributed by atoms with Gasteiger partial charge in [0.05, 0.1) is 10.6 Å². The third-order valence-corrected chi connectivity index (χ3v) is 2.72. The van der Waals surface area contributed by atoms with Crippen LogP contribution in [0.2, 0.25) is 5.02 Å². The van der Waals surface area contributed by atoms with E-state index in [-0.39, 0.29) is 23.3 Å². The number of nitriles is 2. The highest BCUT2D eigenvalue weighted by molar-refractivity contribution is 6.32. The second-order valence-electron chi connectivity index (χ2n) is 3.75. The summed E-state index contributed by atoms with van der Waals surface area (Å²) >= 11 is 5.86. The highest BCUT2D eigenvalue weighted by Crippen LogP contribution is 2.20. The number of aromatic nitrogens is 3. The van der Waals surface area contributed by atoms with Crippen LogP contribution in [-0.2, 0) is 11.3 Å². The summed E-state index contributed by atoms with van der Waals surface area (Å²) in [6.07, 6.45) is 1.30. The van der Waals surface area contributed by atoms with Gasteiger partial charge in [-0.15, -0.1) is 10.2 Å². The van der Waals surface area contributed by atoms with Gasteiger partial charge in [-0.1, -0.05) is 11.6 Å². The molecule has 0 fully saturated rings. The fourth-order valence-corrected chi connectivity index (χ4v) is 1.72. The molecule has 1 amide bonds. The predicted molar refractivity (Wildman–Crippen MR) is 69.5 cm³/mol. The van der Waals surface area contributed by atoms with E-state index in [1.54, 1.807) is 6.07 Å². The predicted octanol–water partition coefficient (Wildman–Crippen LogP) is 1.31. The first-order valence-electron chi connectivity index (χ1n) is 5.41. The zero-order valence-corrected chi connectivity index (χ0v) is 10.8. The highest BCUT2D eigenvalue weighted by Gasteiger charge is 2.09. The largest absolute Gasteiger partial charge is 0.324 e. The first-order chi connectivity index (χ1) is 9.63. The topological polar surface area (TPSA) is 107 Å². The van der Waals surface area contributed by atoms with Crippen molar-refractivity contribution in [2.75, 3.05) is 5.32 Å². The van der Waals surface area contributed by atoms with E-state index in [0.717, 1.165) is 0 Å². The molecule has 7 nitrogen and oxygen atoms in total. The van der Waals surface area contributed by atoms with Crippen LogP contribution < -0.4 is 5.32 Å². The van der Waals surface area contributed by atoms with Crippen molar-refractivity contribution >= 4 is 23.2 Å². The van der Waals surface area contributed by atoms with E-state index in [1.807, 2.05) is 12.1 Å². The van der Waals surface area contributed by atoms with Crippen LogP contribution in [0.4, 0.5) is 5.69 Å². The van der Waals surface area contributed by atoms with Gasteiger partial charge in [0.15, 0.2) is 0 Å². The maximum Gasteiger partial charge on any atom is 0.244 e. The van der Waals surface area contributed by atoms with Crippen molar-refractivity contribution in [1.82, 2.24) is 14.8 Å². The smallest absolute Gasteiger partial charge is 0.244 e. The molecule has 0 atom stereocenters. The molecular weight excluding hydrogens is 280 g/mol.